The Morgan fingerprint density at radius 2 is 1.35 bits per heavy atom. The van der Waals surface area contributed by atoms with Gasteiger partial charge in [-0.2, -0.15) is 0 Å². The first-order valence-corrected chi connectivity index (χ1v) is 10.7. The van der Waals surface area contributed by atoms with Crippen molar-refractivity contribution >= 4 is 36.4 Å². The number of pyridine rings is 1. The third kappa shape index (κ3) is 6.23. The van der Waals surface area contributed by atoms with Crippen LogP contribution in [0.5, 0.6) is 0 Å². The van der Waals surface area contributed by atoms with E-state index in [1.54, 1.807) is 0 Å². The van der Waals surface area contributed by atoms with Crippen molar-refractivity contribution in [2.75, 3.05) is 5.32 Å². The molecule has 0 saturated carbocycles. The van der Waals surface area contributed by atoms with E-state index in [1.807, 2.05) is 105 Å². The molecule has 1 aromatic heterocycles. The van der Waals surface area contributed by atoms with Crippen molar-refractivity contribution in [3.8, 4) is 11.1 Å². The second-order valence-electron chi connectivity index (χ2n) is 8.03. The van der Waals surface area contributed by atoms with E-state index in [9.17, 15) is 4.79 Å². The number of hydrogen-bond donors (Lipinski definition) is 2. The minimum atomic E-state index is -0.732. The summed E-state index contributed by atoms with van der Waals surface area (Å²) in [5, 5.41) is 2.99. The van der Waals surface area contributed by atoms with Gasteiger partial charge in [0.2, 0.25) is 5.91 Å². The van der Waals surface area contributed by atoms with Crippen LogP contribution in [0.1, 0.15) is 28.3 Å². The lowest BCUT2D eigenvalue weighted by Gasteiger charge is -2.24. The number of carbonyl (C=O) groups is 1. The first kappa shape index (κ1) is 27.1. The van der Waals surface area contributed by atoms with Crippen LogP contribution in [-0.2, 0) is 4.79 Å². The van der Waals surface area contributed by atoms with E-state index in [-0.39, 0.29) is 36.6 Å². The van der Waals surface area contributed by atoms with Crippen molar-refractivity contribution < 1.29 is 4.79 Å². The number of hydrogen-bond acceptors (Lipinski definition) is 3. The standard InChI is InChI=1S/C28H27N3O.2ClH/c1-19-18-30-20(2)17-25(19)21-13-15-24(16-14-21)31-28(32)27(29)26(22-9-5-3-6-10-22)23-11-7-4-8-12-23;;/h3-18,26-27H,29H2,1-2H3,(H,31,32);2*1H/t27-;;/m0../s1. The Kier molecular flexibility index (Phi) is 9.82. The molecule has 176 valence electrons. The van der Waals surface area contributed by atoms with E-state index in [0.29, 0.717) is 0 Å². The van der Waals surface area contributed by atoms with Crippen molar-refractivity contribution in [2.45, 2.75) is 25.8 Å². The lowest BCUT2D eigenvalue weighted by molar-refractivity contribution is -0.117. The van der Waals surface area contributed by atoms with Crippen molar-refractivity contribution in [2.24, 2.45) is 5.73 Å². The molecular formula is C28H29Cl2N3O. The van der Waals surface area contributed by atoms with E-state index in [0.717, 1.165) is 39.2 Å². The van der Waals surface area contributed by atoms with Gasteiger partial charge in [0.15, 0.2) is 0 Å². The number of anilines is 1. The van der Waals surface area contributed by atoms with Crippen LogP contribution in [0.25, 0.3) is 11.1 Å². The van der Waals surface area contributed by atoms with Gasteiger partial charge in [0.1, 0.15) is 0 Å². The van der Waals surface area contributed by atoms with E-state index in [1.165, 1.54) is 0 Å². The monoisotopic (exact) mass is 493 g/mol. The molecule has 3 N–H and O–H groups in total. The van der Waals surface area contributed by atoms with Crippen LogP contribution >= 0.6 is 24.8 Å². The van der Waals surface area contributed by atoms with Gasteiger partial charge < -0.3 is 11.1 Å². The quantitative estimate of drug-likeness (QED) is 0.330. The van der Waals surface area contributed by atoms with Gasteiger partial charge in [-0.15, -0.1) is 24.8 Å². The highest BCUT2D eigenvalue weighted by Crippen LogP contribution is 2.29. The molecule has 3 aromatic carbocycles. The smallest absolute Gasteiger partial charge is 0.242 e. The minimum Gasteiger partial charge on any atom is -0.325 e. The Labute approximate surface area is 213 Å². The van der Waals surface area contributed by atoms with Crippen molar-refractivity contribution in [1.82, 2.24) is 4.98 Å². The van der Waals surface area contributed by atoms with Crippen LogP contribution in [0.3, 0.4) is 0 Å². The zero-order chi connectivity index (χ0) is 22.5. The summed E-state index contributed by atoms with van der Waals surface area (Å²) in [7, 11) is 0. The van der Waals surface area contributed by atoms with Gasteiger partial charge in [0, 0.05) is 23.5 Å². The molecule has 0 aliphatic rings. The van der Waals surface area contributed by atoms with E-state index >= 15 is 0 Å². The summed E-state index contributed by atoms with van der Waals surface area (Å²) in [6, 6.07) is 29.0. The first-order chi connectivity index (χ1) is 15.5. The number of aryl methyl sites for hydroxylation is 2. The largest absolute Gasteiger partial charge is 0.325 e. The van der Waals surface area contributed by atoms with Crippen LogP contribution in [0.2, 0.25) is 0 Å². The molecule has 0 fully saturated rings. The summed E-state index contributed by atoms with van der Waals surface area (Å²) in [6.07, 6.45) is 1.88. The van der Waals surface area contributed by atoms with Gasteiger partial charge in [-0.25, -0.2) is 0 Å². The molecule has 1 heterocycles. The van der Waals surface area contributed by atoms with Crippen LogP contribution < -0.4 is 11.1 Å². The molecule has 4 nitrogen and oxygen atoms in total. The zero-order valence-electron chi connectivity index (χ0n) is 19.1. The number of benzene rings is 3. The molecule has 0 bridgehead atoms. The lowest BCUT2D eigenvalue weighted by atomic mass is 9.85. The summed E-state index contributed by atoms with van der Waals surface area (Å²) in [6.45, 7) is 4.03. The van der Waals surface area contributed by atoms with Crippen LogP contribution in [-0.4, -0.2) is 16.9 Å². The molecule has 0 spiro atoms. The molecule has 0 aliphatic heterocycles. The number of nitrogens with zero attached hydrogens (tertiary/aromatic N) is 1. The van der Waals surface area contributed by atoms with Gasteiger partial charge in [-0.3, -0.25) is 9.78 Å². The number of nitrogens with one attached hydrogen (secondary N) is 1. The fourth-order valence-electron chi connectivity index (χ4n) is 3.98. The van der Waals surface area contributed by atoms with Crippen LogP contribution in [0, 0.1) is 13.8 Å². The molecular weight excluding hydrogens is 465 g/mol. The highest BCUT2D eigenvalue weighted by atomic mass is 35.5. The second kappa shape index (κ2) is 12.3. The first-order valence-electron chi connectivity index (χ1n) is 10.7. The molecule has 6 heteroatoms. The molecule has 0 saturated heterocycles. The molecule has 0 aliphatic carbocycles. The van der Waals surface area contributed by atoms with E-state index < -0.39 is 6.04 Å². The Bertz CT molecular complexity index is 1160. The molecule has 34 heavy (non-hydrogen) atoms. The van der Waals surface area contributed by atoms with Gasteiger partial charge in [-0.1, -0.05) is 72.8 Å². The molecule has 0 unspecified atom stereocenters. The number of rotatable bonds is 6. The van der Waals surface area contributed by atoms with Gasteiger partial charge in [0.05, 0.1) is 6.04 Å². The van der Waals surface area contributed by atoms with Crippen molar-refractivity contribution in [1.29, 1.82) is 0 Å². The zero-order valence-corrected chi connectivity index (χ0v) is 20.8. The average molecular weight is 494 g/mol. The fourth-order valence-corrected chi connectivity index (χ4v) is 3.98. The van der Waals surface area contributed by atoms with E-state index in [2.05, 4.69) is 16.4 Å². The number of carbonyl (C=O) groups excluding carboxylic acids is 1. The maximum absolute atomic E-state index is 13.1. The SMILES string of the molecule is Cc1cc(-c2ccc(NC(=O)[C@@H](N)C(c3ccccc3)c3ccccc3)cc2)c(C)cn1.Cl.Cl. The number of aromatic nitrogens is 1. The molecule has 4 aromatic rings. The van der Waals surface area contributed by atoms with E-state index in [4.69, 9.17) is 5.73 Å². The predicted octanol–water partition coefficient (Wildman–Crippen LogP) is 6.31. The molecule has 1 atom stereocenters. The maximum atomic E-state index is 13.1. The number of halogens is 2. The van der Waals surface area contributed by atoms with Crippen molar-refractivity contribution in [3.63, 3.8) is 0 Å². The van der Waals surface area contributed by atoms with Crippen LogP contribution in [0.15, 0.2) is 97.2 Å². The van der Waals surface area contributed by atoms with Gasteiger partial charge >= 0.3 is 0 Å². The second-order valence-corrected chi connectivity index (χ2v) is 8.03. The fraction of sp³-hybridized carbons (Fsp3) is 0.143. The Morgan fingerprint density at radius 1 is 0.824 bits per heavy atom. The summed E-state index contributed by atoms with van der Waals surface area (Å²) >= 11 is 0. The maximum Gasteiger partial charge on any atom is 0.242 e. The number of amides is 1. The predicted molar refractivity (Wildman–Crippen MR) is 145 cm³/mol. The minimum absolute atomic E-state index is 0. The van der Waals surface area contributed by atoms with Gasteiger partial charge in [0.25, 0.3) is 0 Å². The lowest BCUT2D eigenvalue weighted by Crippen LogP contribution is -2.41. The topological polar surface area (TPSA) is 68.0 Å². The Hall–Kier alpha value is -3.18. The number of nitrogens with two attached hydrogens (primary N) is 1. The molecule has 0 radical (unpaired) electrons. The highest BCUT2D eigenvalue weighted by Gasteiger charge is 2.27. The normalized spacial score (nSPS) is 11.2. The molecule has 1 amide bonds. The van der Waals surface area contributed by atoms with Gasteiger partial charge in [-0.05, 0) is 59.9 Å². The Balaban J connectivity index is 0.00000204. The summed E-state index contributed by atoms with van der Waals surface area (Å²) < 4.78 is 0. The van der Waals surface area contributed by atoms with Crippen molar-refractivity contribution in [3.05, 3.63) is 120 Å². The van der Waals surface area contributed by atoms with Crippen LogP contribution in [0.4, 0.5) is 5.69 Å². The third-order valence-electron chi connectivity index (χ3n) is 5.68. The average Bonchev–Trinajstić information content (AvgIpc) is 2.83. The Morgan fingerprint density at radius 3 is 1.88 bits per heavy atom. The molecule has 4 rings (SSSR count). The highest BCUT2D eigenvalue weighted by molar-refractivity contribution is 5.96. The third-order valence-corrected chi connectivity index (χ3v) is 5.68. The summed E-state index contributed by atoms with van der Waals surface area (Å²) in [5.41, 5.74) is 13.6. The summed E-state index contributed by atoms with van der Waals surface area (Å²) in [4.78, 5) is 17.4. The summed E-state index contributed by atoms with van der Waals surface area (Å²) in [5.74, 6) is -0.453.